The first-order chi connectivity index (χ1) is 9.99. The predicted octanol–water partition coefficient (Wildman–Crippen LogP) is 0.765. The van der Waals surface area contributed by atoms with E-state index in [0.717, 1.165) is 0 Å². The van der Waals surface area contributed by atoms with Crippen molar-refractivity contribution in [3.63, 3.8) is 0 Å². The second-order valence-electron chi connectivity index (χ2n) is 3.96. The van der Waals surface area contributed by atoms with Crippen LogP contribution in [0.4, 0.5) is 5.95 Å². The number of H-pyrrole nitrogens is 1. The highest BCUT2D eigenvalue weighted by Gasteiger charge is 2.17. The minimum Gasteiger partial charge on any atom is -0.295 e. The standard InChI is InChI=1S/C11H12ClN5O3S/c12-8-3-1-2-4-9(8)21(19,20)15-6-5-10(18)16-11-13-7-14-17-11/h1-4,7,15H,5-6H2,(H2,13,14,16,17,18). The Morgan fingerprint density at radius 1 is 1.33 bits per heavy atom. The Labute approximate surface area is 126 Å². The Kier molecular flexibility index (Phi) is 4.89. The lowest BCUT2D eigenvalue weighted by Gasteiger charge is -2.07. The third-order valence-electron chi connectivity index (χ3n) is 2.44. The summed E-state index contributed by atoms with van der Waals surface area (Å²) < 4.78 is 26.3. The van der Waals surface area contributed by atoms with Gasteiger partial charge in [-0.05, 0) is 12.1 Å². The molecule has 0 radical (unpaired) electrons. The van der Waals surface area contributed by atoms with Gasteiger partial charge in [0, 0.05) is 13.0 Å². The van der Waals surface area contributed by atoms with Crippen LogP contribution in [0.15, 0.2) is 35.5 Å². The molecule has 0 fully saturated rings. The molecule has 0 bridgehead atoms. The summed E-state index contributed by atoms with van der Waals surface area (Å²) in [6.07, 6.45) is 1.19. The molecule has 0 aliphatic carbocycles. The molecule has 0 aliphatic heterocycles. The number of anilines is 1. The number of benzene rings is 1. The van der Waals surface area contributed by atoms with Crippen LogP contribution in [0.2, 0.25) is 5.02 Å². The summed E-state index contributed by atoms with van der Waals surface area (Å²) in [5.74, 6) is -0.192. The van der Waals surface area contributed by atoms with E-state index in [0.29, 0.717) is 0 Å². The van der Waals surface area contributed by atoms with Crippen LogP contribution in [0.3, 0.4) is 0 Å². The maximum absolute atomic E-state index is 12.0. The number of nitrogens with one attached hydrogen (secondary N) is 3. The molecule has 0 spiro atoms. The first kappa shape index (κ1) is 15.4. The zero-order valence-corrected chi connectivity index (χ0v) is 12.3. The lowest BCUT2D eigenvalue weighted by Crippen LogP contribution is -2.28. The minimum absolute atomic E-state index is 0.0256. The number of amides is 1. The minimum atomic E-state index is -3.75. The average molecular weight is 330 g/mol. The molecule has 0 saturated carbocycles. The lowest BCUT2D eigenvalue weighted by molar-refractivity contribution is -0.116. The SMILES string of the molecule is O=C(CCNS(=O)(=O)c1ccccc1Cl)Nc1ncn[nH]1. The number of carbonyl (C=O) groups is 1. The molecule has 21 heavy (non-hydrogen) atoms. The van der Waals surface area contributed by atoms with Crippen molar-refractivity contribution in [3.05, 3.63) is 35.6 Å². The highest BCUT2D eigenvalue weighted by molar-refractivity contribution is 7.89. The summed E-state index contributed by atoms with van der Waals surface area (Å²) in [4.78, 5) is 15.2. The van der Waals surface area contributed by atoms with E-state index >= 15 is 0 Å². The molecule has 1 aromatic carbocycles. The number of rotatable bonds is 6. The number of nitrogens with zero attached hydrogens (tertiary/aromatic N) is 2. The van der Waals surface area contributed by atoms with Crippen LogP contribution in [0.25, 0.3) is 0 Å². The van der Waals surface area contributed by atoms with Gasteiger partial charge in [-0.3, -0.25) is 10.1 Å². The van der Waals surface area contributed by atoms with Gasteiger partial charge in [0.15, 0.2) is 0 Å². The number of carbonyl (C=O) groups excluding carboxylic acids is 1. The fraction of sp³-hybridized carbons (Fsp3) is 0.182. The Balaban J connectivity index is 1.88. The molecule has 112 valence electrons. The van der Waals surface area contributed by atoms with Crippen molar-refractivity contribution in [1.82, 2.24) is 19.9 Å². The summed E-state index contributed by atoms with van der Waals surface area (Å²) in [5.41, 5.74) is 0. The normalized spacial score (nSPS) is 11.3. The lowest BCUT2D eigenvalue weighted by atomic mass is 10.4. The van der Waals surface area contributed by atoms with Crippen LogP contribution in [0.1, 0.15) is 6.42 Å². The molecule has 0 unspecified atom stereocenters. The van der Waals surface area contributed by atoms with Crippen LogP contribution >= 0.6 is 11.6 Å². The highest BCUT2D eigenvalue weighted by atomic mass is 35.5. The van der Waals surface area contributed by atoms with Crippen molar-refractivity contribution >= 4 is 33.5 Å². The van der Waals surface area contributed by atoms with E-state index in [4.69, 9.17) is 11.6 Å². The number of halogens is 1. The zero-order valence-electron chi connectivity index (χ0n) is 10.7. The Morgan fingerprint density at radius 2 is 2.10 bits per heavy atom. The fourth-order valence-corrected chi connectivity index (χ4v) is 3.05. The zero-order chi connectivity index (χ0) is 15.3. The third kappa shape index (κ3) is 4.25. The first-order valence-electron chi connectivity index (χ1n) is 5.88. The maximum Gasteiger partial charge on any atom is 0.242 e. The quantitative estimate of drug-likeness (QED) is 0.723. The molecule has 0 atom stereocenters. The molecular weight excluding hydrogens is 318 g/mol. The molecule has 0 saturated heterocycles. The van der Waals surface area contributed by atoms with Gasteiger partial charge in [-0.15, -0.1) is 0 Å². The van der Waals surface area contributed by atoms with Gasteiger partial charge in [-0.1, -0.05) is 23.7 Å². The van der Waals surface area contributed by atoms with E-state index in [1.165, 1.54) is 18.5 Å². The number of aromatic nitrogens is 3. The Morgan fingerprint density at radius 3 is 2.76 bits per heavy atom. The van der Waals surface area contributed by atoms with Gasteiger partial charge in [0.05, 0.1) is 5.02 Å². The van der Waals surface area contributed by atoms with Crippen molar-refractivity contribution < 1.29 is 13.2 Å². The monoisotopic (exact) mass is 329 g/mol. The van der Waals surface area contributed by atoms with Gasteiger partial charge in [-0.2, -0.15) is 10.1 Å². The number of aromatic amines is 1. The predicted molar refractivity (Wildman–Crippen MR) is 76.3 cm³/mol. The van der Waals surface area contributed by atoms with E-state index in [2.05, 4.69) is 25.2 Å². The van der Waals surface area contributed by atoms with Crippen molar-refractivity contribution in [2.24, 2.45) is 0 Å². The Bertz CT molecular complexity index is 717. The van der Waals surface area contributed by atoms with Gasteiger partial charge in [-0.25, -0.2) is 18.2 Å². The van der Waals surface area contributed by atoms with Crippen LogP contribution in [0, 0.1) is 0 Å². The topological polar surface area (TPSA) is 117 Å². The molecular formula is C11H12ClN5O3S. The van der Waals surface area contributed by atoms with Crippen LogP contribution < -0.4 is 10.0 Å². The van der Waals surface area contributed by atoms with E-state index in [1.807, 2.05) is 0 Å². The summed E-state index contributed by atoms with van der Waals surface area (Å²) in [5, 5.41) is 8.58. The fourth-order valence-electron chi connectivity index (χ4n) is 1.50. The molecule has 1 aromatic heterocycles. The van der Waals surface area contributed by atoms with Gasteiger partial charge in [0.1, 0.15) is 11.2 Å². The maximum atomic E-state index is 12.0. The second kappa shape index (κ2) is 6.66. The van der Waals surface area contributed by atoms with Crippen molar-refractivity contribution in [2.45, 2.75) is 11.3 Å². The van der Waals surface area contributed by atoms with Crippen LogP contribution in [-0.4, -0.2) is 36.1 Å². The van der Waals surface area contributed by atoms with E-state index in [-0.39, 0.29) is 28.8 Å². The van der Waals surface area contributed by atoms with Crippen LogP contribution in [0.5, 0.6) is 0 Å². The molecule has 8 nitrogen and oxygen atoms in total. The van der Waals surface area contributed by atoms with Gasteiger partial charge >= 0.3 is 0 Å². The number of hydrogen-bond acceptors (Lipinski definition) is 5. The van der Waals surface area contributed by atoms with Crippen molar-refractivity contribution in [1.29, 1.82) is 0 Å². The summed E-state index contributed by atoms with van der Waals surface area (Å²) in [6, 6.07) is 6.06. The van der Waals surface area contributed by atoms with E-state index in [1.54, 1.807) is 12.1 Å². The molecule has 2 rings (SSSR count). The van der Waals surface area contributed by atoms with Gasteiger partial charge in [0.2, 0.25) is 21.9 Å². The summed E-state index contributed by atoms with van der Waals surface area (Å²) in [7, 11) is -3.75. The molecule has 0 aliphatic rings. The van der Waals surface area contributed by atoms with Crippen molar-refractivity contribution in [2.75, 3.05) is 11.9 Å². The summed E-state index contributed by atoms with van der Waals surface area (Å²) >= 11 is 5.83. The van der Waals surface area contributed by atoms with Crippen molar-refractivity contribution in [3.8, 4) is 0 Å². The first-order valence-corrected chi connectivity index (χ1v) is 7.74. The molecule has 1 heterocycles. The Hall–Kier alpha value is -1.97. The highest BCUT2D eigenvalue weighted by Crippen LogP contribution is 2.19. The smallest absolute Gasteiger partial charge is 0.242 e. The molecule has 3 N–H and O–H groups in total. The van der Waals surface area contributed by atoms with Gasteiger partial charge in [0.25, 0.3) is 0 Å². The molecule has 2 aromatic rings. The van der Waals surface area contributed by atoms with E-state index in [9.17, 15) is 13.2 Å². The number of hydrogen-bond donors (Lipinski definition) is 3. The average Bonchev–Trinajstić information content (AvgIpc) is 2.91. The van der Waals surface area contributed by atoms with E-state index < -0.39 is 15.9 Å². The largest absolute Gasteiger partial charge is 0.295 e. The van der Waals surface area contributed by atoms with Gasteiger partial charge < -0.3 is 0 Å². The third-order valence-corrected chi connectivity index (χ3v) is 4.40. The molecule has 1 amide bonds. The summed E-state index contributed by atoms with van der Waals surface area (Å²) in [6.45, 7) is -0.0620. The second-order valence-corrected chi connectivity index (χ2v) is 6.10. The number of sulfonamides is 1. The molecule has 10 heteroatoms. The van der Waals surface area contributed by atoms with Crippen LogP contribution in [-0.2, 0) is 14.8 Å².